The van der Waals surface area contributed by atoms with E-state index in [-0.39, 0.29) is 5.41 Å². The van der Waals surface area contributed by atoms with Gasteiger partial charge in [0.05, 0.1) is 18.5 Å². The molecule has 0 aromatic heterocycles. The predicted molar refractivity (Wildman–Crippen MR) is 127 cm³/mol. The highest BCUT2D eigenvalue weighted by molar-refractivity contribution is 5.82. The van der Waals surface area contributed by atoms with Gasteiger partial charge in [0.25, 0.3) is 5.91 Å². The number of amides is 1. The van der Waals surface area contributed by atoms with Crippen molar-refractivity contribution in [1.29, 1.82) is 0 Å². The van der Waals surface area contributed by atoms with Crippen molar-refractivity contribution < 1.29 is 9.39 Å². The highest BCUT2D eigenvalue weighted by Gasteiger charge is 2.55. The Morgan fingerprint density at radius 3 is 1.60 bits per heavy atom. The van der Waals surface area contributed by atoms with Gasteiger partial charge in [-0.05, 0) is 83.0 Å². The lowest BCUT2D eigenvalue weighted by Gasteiger charge is -2.56. The molecule has 4 bridgehead atoms. The first kappa shape index (κ1) is 24.1. The van der Waals surface area contributed by atoms with E-state index in [1.54, 1.807) is 0 Å². The first-order valence-corrected chi connectivity index (χ1v) is 13.7. The van der Waals surface area contributed by atoms with Crippen LogP contribution in [0.25, 0.3) is 0 Å². The minimum Gasteiger partial charge on any atom is -0.269 e. The fourth-order valence-electron chi connectivity index (χ4n) is 7.38. The molecule has 0 unspecified atom stereocenters. The van der Waals surface area contributed by atoms with E-state index in [0.29, 0.717) is 5.91 Å². The molecule has 0 atom stereocenters. The van der Waals surface area contributed by atoms with Crippen LogP contribution in [0.4, 0.5) is 0 Å². The van der Waals surface area contributed by atoms with Gasteiger partial charge in [-0.3, -0.25) is 4.79 Å². The van der Waals surface area contributed by atoms with Crippen LogP contribution in [0.1, 0.15) is 124 Å². The molecular formula is C27H51N2O+. The van der Waals surface area contributed by atoms with Crippen LogP contribution in [0.2, 0.25) is 0 Å². The summed E-state index contributed by atoms with van der Waals surface area (Å²) in [5.41, 5.74) is 3.60. The normalized spacial score (nSPS) is 30.0. The van der Waals surface area contributed by atoms with Crippen LogP contribution in [0.3, 0.4) is 0 Å². The molecule has 3 heteroatoms. The maximum absolute atomic E-state index is 13.6. The monoisotopic (exact) mass is 419 g/mol. The first-order chi connectivity index (χ1) is 14.5. The van der Waals surface area contributed by atoms with Crippen LogP contribution in [-0.2, 0) is 4.79 Å². The molecule has 174 valence electrons. The molecule has 3 nitrogen and oxygen atoms in total. The number of carbonyl (C=O) groups is 1. The van der Waals surface area contributed by atoms with Gasteiger partial charge in [-0.15, -0.1) is 0 Å². The van der Waals surface area contributed by atoms with E-state index in [0.717, 1.165) is 42.0 Å². The molecule has 4 fully saturated rings. The molecule has 0 aliphatic heterocycles. The summed E-state index contributed by atoms with van der Waals surface area (Å²) in [5, 5.41) is 0. The second-order valence-corrected chi connectivity index (χ2v) is 11.3. The van der Waals surface area contributed by atoms with Crippen LogP contribution in [0, 0.1) is 23.2 Å². The average Bonchev–Trinajstić information content (AvgIpc) is 2.73. The molecule has 1 N–H and O–H groups in total. The molecule has 0 saturated heterocycles. The summed E-state index contributed by atoms with van der Waals surface area (Å²) in [6, 6.07) is 0. The zero-order valence-electron chi connectivity index (χ0n) is 20.5. The second-order valence-electron chi connectivity index (χ2n) is 11.3. The third kappa shape index (κ3) is 6.02. The van der Waals surface area contributed by atoms with Crippen molar-refractivity contribution in [3.8, 4) is 0 Å². The summed E-state index contributed by atoms with van der Waals surface area (Å²) in [6.07, 6.45) is 21.5. The van der Waals surface area contributed by atoms with Crippen molar-refractivity contribution in [3.05, 3.63) is 0 Å². The summed E-state index contributed by atoms with van der Waals surface area (Å²) in [4.78, 5) is 13.6. The number of hydrogen-bond donors (Lipinski definition) is 1. The Hall–Kier alpha value is -0.570. The molecule has 4 saturated carbocycles. The quantitative estimate of drug-likeness (QED) is 0.173. The minimum atomic E-state index is -0.0135. The maximum Gasteiger partial charge on any atom is 0.271 e. The summed E-state index contributed by atoms with van der Waals surface area (Å²) >= 11 is 0. The fraction of sp³-hybridized carbons (Fsp3) is 0.963. The molecule has 4 rings (SSSR count). The van der Waals surface area contributed by atoms with Crippen molar-refractivity contribution in [2.75, 3.05) is 19.6 Å². The standard InChI is InChI=1S/C27H50N2O/c1-4-7-8-9-10-11-12-13-14-15-16-29(5-2,6-3)28-26(30)27-20-23-17-24(21-27)19-25(18-23)22-27/h23-25H,4-22H2,1-3H3/p+1. The lowest BCUT2D eigenvalue weighted by atomic mass is 9.49. The van der Waals surface area contributed by atoms with Gasteiger partial charge >= 0.3 is 0 Å². The third-order valence-electron chi connectivity index (χ3n) is 9.01. The number of rotatable bonds is 15. The summed E-state index contributed by atoms with van der Waals surface area (Å²) in [7, 11) is 0. The molecule has 0 heterocycles. The Kier molecular flexibility index (Phi) is 9.10. The largest absolute Gasteiger partial charge is 0.271 e. The molecule has 30 heavy (non-hydrogen) atoms. The van der Waals surface area contributed by atoms with Crippen LogP contribution in [0.5, 0.6) is 0 Å². The zero-order chi connectivity index (χ0) is 21.5. The van der Waals surface area contributed by atoms with Gasteiger partial charge < -0.3 is 0 Å². The lowest BCUT2D eigenvalue weighted by molar-refractivity contribution is -0.958. The van der Waals surface area contributed by atoms with Gasteiger partial charge in [0, 0.05) is 0 Å². The number of hydrogen-bond acceptors (Lipinski definition) is 1. The van der Waals surface area contributed by atoms with E-state index < -0.39 is 0 Å². The van der Waals surface area contributed by atoms with Gasteiger partial charge in [0.1, 0.15) is 6.54 Å². The van der Waals surface area contributed by atoms with Crippen LogP contribution >= 0.6 is 0 Å². The van der Waals surface area contributed by atoms with Crippen molar-refractivity contribution in [3.63, 3.8) is 0 Å². The molecular weight excluding hydrogens is 368 g/mol. The van der Waals surface area contributed by atoms with E-state index in [1.807, 2.05) is 0 Å². The topological polar surface area (TPSA) is 29.1 Å². The highest BCUT2D eigenvalue weighted by atomic mass is 16.2. The van der Waals surface area contributed by atoms with E-state index in [1.165, 1.54) is 103 Å². The van der Waals surface area contributed by atoms with Crippen LogP contribution in [0.15, 0.2) is 0 Å². The zero-order valence-corrected chi connectivity index (χ0v) is 20.5. The summed E-state index contributed by atoms with van der Waals surface area (Å²) < 4.78 is 0.803. The van der Waals surface area contributed by atoms with Gasteiger partial charge in [0.2, 0.25) is 0 Å². The van der Waals surface area contributed by atoms with Crippen molar-refractivity contribution >= 4 is 5.91 Å². The SMILES string of the molecule is CCCCCCCCCCCC[N+](CC)(CC)NC(=O)C12CC3CC(CC(C3)C1)C2. The second kappa shape index (κ2) is 11.3. The smallest absolute Gasteiger partial charge is 0.269 e. The maximum atomic E-state index is 13.6. The number of nitrogens with one attached hydrogen (secondary N) is 1. The summed E-state index contributed by atoms with van der Waals surface area (Å²) in [6.45, 7) is 9.97. The molecule has 0 aromatic rings. The number of unbranched alkanes of at least 4 members (excludes halogenated alkanes) is 9. The van der Waals surface area contributed by atoms with Gasteiger partial charge in [-0.25, -0.2) is 10.0 Å². The van der Waals surface area contributed by atoms with Crippen molar-refractivity contribution in [2.45, 2.75) is 124 Å². The average molecular weight is 420 g/mol. The van der Waals surface area contributed by atoms with E-state index in [2.05, 4.69) is 26.2 Å². The Labute approximate surface area is 187 Å². The Balaban J connectivity index is 1.39. The number of nitrogens with zero attached hydrogens (tertiary/aromatic N) is 1. The minimum absolute atomic E-state index is 0.0135. The van der Waals surface area contributed by atoms with E-state index in [9.17, 15) is 4.79 Å². The summed E-state index contributed by atoms with van der Waals surface area (Å²) in [5.74, 6) is 2.94. The van der Waals surface area contributed by atoms with Crippen LogP contribution < -0.4 is 5.43 Å². The predicted octanol–water partition coefficient (Wildman–Crippen LogP) is 7.01. The highest BCUT2D eigenvalue weighted by Crippen LogP contribution is 2.60. The Morgan fingerprint density at radius 1 is 0.733 bits per heavy atom. The fourth-order valence-corrected chi connectivity index (χ4v) is 7.38. The van der Waals surface area contributed by atoms with E-state index in [4.69, 9.17) is 0 Å². The lowest BCUT2D eigenvalue weighted by Crippen LogP contribution is -2.65. The molecule has 4 aliphatic carbocycles. The molecule has 0 spiro atoms. The van der Waals surface area contributed by atoms with Crippen LogP contribution in [-0.4, -0.2) is 30.1 Å². The molecule has 1 amide bonds. The number of carbonyl (C=O) groups excluding carboxylic acids is 1. The van der Waals surface area contributed by atoms with Gasteiger partial charge in [0.15, 0.2) is 0 Å². The van der Waals surface area contributed by atoms with Gasteiger partial charge in [-0.2, -0.15) is 0 Å². The van der Waals surface area contributed by atoms with E-state index >= 15 is 0 Å². The Morgan fingerprint density at radius 2 is 1.17 bits per heavy atom. The van der Waals surface area contributed by atoms with Gasteiger partial charge in [-0.1, -0.05) is 58.3 Å². The van der Waals surface area contributed by atoms with Crippen molar-refractivity contribution in [2.24, 2.45) is 23.2 Å². The van der Waals surface area contributed by atoms with Crippen molar-refractivity contribution in [1.82, 2.24) is 5.43 Å². The molecule has 4 aliphatic rings. The number of quaternary nitrogens is 1. The third-order valence-corrected chi connectivity index (χ3v) is 9.01. The Bertz CT molecular complexity index is 490. The molecule has 0 aromatic carbocycles. The molecule has 0 radical (unpaired) electrons. The first-order valence-electron chi connectivity index (χ1n) is 13.7.